The van der Waals surface area contributed by atoms with Crippen molar-refractivity contribution in [2.45, 2.75) is 26.9 Å². The van der Waals surface area contributed by atoms with Gasteiger partial charge >= 0.3 is 0 Å². The van der Waals surface area contributed by atoms with Gasteiger partial charge in [-0.1, -0.05) is 0 Å². The van der Waals surface area contributed by atoms with Gasteiger partial charge in [-0.15, -0.1) is 21.5 Å². The fraction of sp³-hybridized carbons (Fsp3) is 0.500. The van der Waals surface area contributed by atoms with Crippen LogP contribution in [0.15, 0.2) is 10.5 Å². The summed E-state index contributed by atoms with van der Waals surface area (Å²) >= 11 is 1.64. The second kappa shape index (κ2) is 5.57. The molecule has 112 valence electrons. The molecule has 1 aliphatic heterocycles. The fourth-order valence-electron chi connectivity index (χ4n) is 2.44. The number of thiophene rings is 1. The lowest BCUT2D eigenvalue weighted by molar-refractivity contribution is -0.0349. The topological polar surface area (TPSA) is 68.5 Å². The van der Waals surface area contributed by atoms with Gasteiger partial charge in [-0.2, -0.15) is 0 Å². The van der Waals surface area contributed by atoms with Crippen molar-refractivity contribution < 1.29 is 13.9 Å². The van der Waals surface area contributed by atoms with E-state index in [1.165, 1.54) is 0 Å². The zero-order chi connectivity index (χ0) is 15.0. The number of aromatic nitrogens is 2. The van der Waals surface area contributed by atoms with E-state index in [9.17, 15) is 4.79 Å². The first-order valence-corrected chi connectivity index (χ1v) is 7.64. The van der Waals surface area contributed by atoms with E-state index in [-0.39, 0.29) is 12.0 Å². The molecule has 0 bridgehead atoms. The van der Waals surface area contributed by atoms with E-state index in [0.29, 0.717) is 31.5 Å². The summed E-state index contributed by atoms with van der Waals surface area (Å²) in [6, 6.07) is 1.95. The molecule has 21 heavy (non-hydrogen) atoms. The van der Waals surface area contributed by atoms with Crippen molar-refractivity contribution in [3.63, 3.8) is 0 Å². The summed E-state index contributed by atoms with van der Waals surface area (Å²) in [5.74, 6) is 0.978. The number of nitrogens with zero attached hydrogens (tertiary/aromatic N) is 3. The van der Waals surface area contributed by atoms with Crippen molar-refractivity contribution >= 4 is 17.2 Å². The maximum atomic E-state index is 12.6. The van der Waals surface area contributed by atoms with Crippen molar-refractivity contribution in [3.05, 3.63) is 33.2 Å². The highest BCUT2D eigenvalue weighted by Gasteiger charge is 2.30. The van der Waals surface area contributed by atoms with Crippen LogP contribution in [0.2, 0.25) is 0 Å². The molecule has 0 spiro atoms. The average molecular weight is 307 g/mol. The number of hydrogen-bond acceptors (Lipinski definition) is 6. The number of aryl methyl sites for hydroxylation is 3. The molecule has 0 radical (unpaired) electrons. The van der Waals surface area contributed by atoms with Crippen molar-refractivity contribution in [2.24, 2.45) is 0 Å². The molecule has 1 aliphatic rings. The van der Waals surface area contributed by atoms with Crippen molar-refractivity contribution in [3.8, 4) is 0 Å². The van der Waals surface area contributed by atoms with Gasteiger partial charge in [0.05, 0.1) is 18.7 Å². The van der Waals surface area contributed by atoms with Gasteiger partial charge in [-0.05, 0) is 19.9 Å². The number of amides is 1. The molecule has 1 amide bonds. The minimum Gasteiger partial charge on any atom is -0.423 e. The van der Waals surface area contributed by atoms with Crippen LogP contribution in [-0.4, -0.2) is 40.7 Å². The van der Waals surface area contributed by atoms with Crippen LogP contribution in [0.1, 0.15) is 38.0 Å². The quantitative estimate of drug-likeness (QED) is 0.851. The van der Waals surface area contributed by atoms with Gasteiger partial charge in [0.15, 0.2) is 6.10 Å². The van der Waals surface area contributed by atoms with E-state index < -0.39 is 0 Å². The molecule has 0 N–H and O–H groups in total. The zero-order valence-electron chi connectivity index (χ0n) is 12.3. The van der Waals surface area contributed by atoms with E-state index in [1.54, 1.807) is 23.2 Å². The van der Waals surface area contributed by atoms with E-state index in [0.717, 1.165) is 15.3 Å². The first-order chi connectivity index (χ1) is 10.0. The van der Waals surface area contributed by atoms with Crippen LogP contribution in [0.5, 0.6) is 0 Å². The Bertz CT molecular complexity index is 664. The Hall–Kier alpha value is -1.73. The molecule has 0 aromatic carbocycles. The number of carbonyl (C=O) groups is 1. The summed E-state index contributed by atoms with van der Waals surface area (Å²) in [6.07, 6.45) is -0.344. The Morgan fingerprint density at radius 2 is 2.19 bits per heavy atom. The lowest BCUT2D eigenvalue weighted by Gasteiger charge is -2.31. The number of hydrogen-bond donors (Lipinski definition) is 0. The van der Waals surface area contributed by atoms with E-state index in [2.05, 4.69) is 10.2 Å². The van der Waals surface area contributed by atoms with E-state index in [1.807, 2.05) is 19.9 Å². The summed E-state index contributed by atoms with van der Waals surface area (Å²) in [7, 11) is 0. The Labute approximate surface area is 126 Å². The minimum atomic E-state index is -0.344. The lowest BCUT2D eigenvalue weighted by Crippen LogP contribution is -2.42. The normalized spacial score (nSPS) is 19.0. The average Bonchev–Trinajstić information content (AvgIpc) is 3.04. The highest BCUT2D eigenvalue weighted by molar-refractivity contribution is 7.12. The molecule has 3 heterocycles. The van der Waals surface area contributed by atoms with Gasteiger partial charge < -0.3 is 14.1 Å². The lowest BCUT2D eigenvalue weighted by atomic mass is 10.2. The maximum absolute atomic E-state index is 12.6. The van der Waals surface area contributed by atoms with Crippen LogP contribution >= 0.6 is 11.3 Å². The summed E-state index contributed by atoms with van der Waals surface area (Å²) < 4.78 is 11.0. The maximum Gasteiger partial charge on any atom is 0.255 e. The van der Waals surface area contributed by atoms with Gasteiger partial charge in [0.1, 0.15) is 0 Å². The second-order valence-corrected chi connectivity index (χ2v) is 6.56. The van der Waals surface area contributed by atoms with Crippen LogP contribution in [0.3, 0.4) is 0 Å². The molecule has 7 heteroatoms. The zero-order valence-corrected chi connectivity index (χ0v) is 13.1. The standard InChI is InChI=1S/C14H17N3O3S/c1-8-6-11(9(2)21-8)14(18)17-4-5-19-12(7-17)13-16-15-10(3)20-13/h6,12H,4-5,7H2,1-3H3. The number of ether oxygens (including phenoxy) is 1. The molecule has 0 saturated carbocycles. The molecule has 2 aromatic rings. The van der Waals surface area contributed by atoms with Gasteiger partial charge in [-0.3, -0.25) is 4.79 Å². The van der Waals surface area contributed by atoms with Crippen molar-refractivity contribution in [1.29, 1.82) is 0 Å². The van der Waals surface area contributed by atoms with Gasteiger partial charge in [0.25, 0.3) is 5.91 Å². The van der Waals surface area contributed by atoms with E-state index in [4.69, 9.17) is 9.15 Å². The third-order valence-corrected chi connectivity index (χ3v) is 4.41. The third kappa shape index (κ3) is 2.84. The Morgan fingerprint density at radius 3 is 2.81 bits per heavy atom. The highest BCUT2D eigenvalue weighted by Crippen LogP contribution is 2.26. The molecule has 1 fully saturated rings. The molecule has 2 aromatic heterocycles. The Balaban J connectivity index is 1.77. The largest absolute Gasteiger partial charge is 0.423 e. The smallest absolute Gasteiger partial charge is 0.255 e. The monoisotopic (exact) mass is 307 g/mol. The molecule has 0 aliphatic carbocycles. The van der Waals surface area contributed by atoms with Gasteiger partial charge in [0.2, 0.25) is 11.8 Å². The minimum absolute atomic E-state index is 0.0430. The van der Waals surface area contributed by atoms with Crippen LogP contribution < -0.4 is 0 Å². The molecule has 3 rings (SSSR count). The van der Waals surface area contributed by atoms with Gasteiger partial charge in [0, 0.05) is 23.2 Å². The van der Waals surface area contributed by atoms with Crippen LogP contribution in [-0.2, 0) is 4.74 Å². The predicted octanol–water partition coefficient (Wildman–Crippen LogP) is 2.27. The van der Waals surface area contributed by atoms with Crippen molar-refractivity contribution in [1.82, 2.24) is 15.1 Å². The molecule has 1 saturated heterocycles. The first-order valence-electron chi connectivity index (χ1n) is 6.82. The van der Waals surface area contributed by atoms with Gasteiger partial charge in [-0.25, -0.2) is 0 Å². The highest BCUT2D eigenvalue weighted by atomic mass is 32.1. The molecule has 1 unspecified atom stereocenters. The third-order valence-electron chi connectivity index (χ3n) is 3.44. The van der Waals surface area contributed by atoms with Crippen LogP contribution in [0.25, 0.3) is 0 Å². The first kappa shape index (κ1) is 14.2. The predicted molar refractivity (Wildman–Crippen MR) is 77.4 cm³/mol. The molecular weight excluding hydrogens is 290 g/mol. The van der Waals surface area contributed by atoms with E-state index >= 15 is 0 Å². The number of morpholine rings is 1. The summed E-state index contributed by atoms with van der Waals surface area (Å²) in [6.45, 7) is 7.22. The number of rotatable bonds is 2. The summed E-state index contributed by atoms with van der Waals surface area (Å²) in [4.78, 5) is 16.6. The van der Waals surface area contributed by atoms with Crippen LogP contribution in [0.4, 0.5) is 0 Å². The van der Waals surface area contributed by atoms with Crippen molar-refractivity contribution in [2.75, 3.05) is 19.7 Å². The Morgan fingerprint density at radius 1 is 1.38 bits per heavy atom. The Kier molecular flexibility index (Phi) is 3.77. The second-order valence-electron chi connectivity index (χ2n) is 5.10. The fourth-order valence-corrected chi connectivity index (χ4v) is 3.35. The molecule has 1 atom stereocenters. The molecule has 6 nitrogen and oxygen atoms in total. The number of carbonyl (C=O) groups excluding carboxylic acids is 1. The SMILES string of the molecule is Cc1nnc(C2CN(C(=O)c3cc(C)sc3C)CCO2)o1. The molecular formula is C14H17N3O3S. The summed E-state index contributed by atoms with van der Waals surface area (Å²) in [5.41, 5.74) is 0.778. The summed E-state index contributed by atoms with van der Waals surface area (Å²) in [5, 5.41) is 7.79. The van der Waals surface area contributed by atoms with Crippen LogP contribution in [0, 0.1) is 20.8 Å².